The highest BCUT2D eigenvalue weighted by atomic mass is 16.5. The number of nitrogens with zero attached hydrogens (tertiary/aromatic N) is 1. The van der Waals surface area contributed by atoms with Gasteiger partial charge in [-0.15, -0.1) is 0 Å². The van der Waals surface area contributed by atoms with E-state index in [0.29, 0.717) is 0 Å². The van der Waals surface area contributed by atoms with E-state index >= 15 is 0 Å². The lowest BCUT2D eigenvalue weighted by atomic mass is 10.0. The van der Waals surface area contributed by atoms with E-state index in [1.54, 1.807) is 6.07 Å². The van der Waals surface area contributed by atoms with Gasteiger partial charge >= 0.3 is 5.97 Å². The largest absolute Gasteiger partial charge is 0.453 e. The van der Waals surface area contributed by atoms with Crippen LogP contribution in [0.2, 0.25) is 0 Å². The topological polar surface area (TPSA) is 136 Å². The van der Waals surface area contributed by atoms with Gasteiger partial charge in [-0.2, -0.15) is 5.26 Å². The number of carbonyl (C=O) groups excluding carboxylic acids is 3. The molecule has 1 atom stereocenters. The number of quaternary nitrogens is 1. The molecule has 5 N–H and O–H groups in total. The number of amides is 1. The Kier molecular flexibility index (Phi) is 4.79. The molecular weight excluding hydrogens is 252 g/mol. The second kappa shape index (κ2) is 6.32. The quantitative estimate of drug-likeness (QED) is 0.487. The van der Waals surface area contributed by atoms with Gasteiger partial charge in [0.15, 0.2) is 18.3 Å². The van der Waals surface area contributed by atoms with Crippen molar-refractivity contribution in [2.75, 3.05) is 6.61 Å². The summed E-state index contributed by atoms with van der Waals surface area (Å²) in [5, 5.41) is 8.73. The van der Waals surface area contributed by atoms with Crippen molar-refractivity contribution in [2.45, 2.75) is 6.42 Å². The van der Waals surface area contributed by atoms with Crippen LogP contribution in [0.1, 0.15) is 6.42 Å². The number of Topliss-reactive ketones (excluding diaryl/α,β-unsaturated/α-hetero) is 1. The molecule has 0 spiro atoms. The van der Waals surface area contributed by atoms with E-state index in [2.05, 4.69) is 23.2 Å². The Morgan fingerprint density at radius 2 is 2.26 bits per heavy atom. The molecule has 1 amide bonds. The summed E-state index contributed by atoms with van der Waals surface area (Å²) in [5.74, 6) is -2.78. The highest BCUT2D eigenvalue weighted by molar-refractivity contribution is 5.94. The van der Waals surface area contributed by atoms with E-state index in [9.17, 15) is 14.4 Å². The number of carbonyl (C=O) groups is 3. The number of allylic oxidation sites excluding steroid dienone is 1. The maximum atomic E-state index is 11.5. The number of nitriles is 1. The molecule has 0 saturated carbocycles. The summed E-state index contributed by atoms with van der Waals surface area (Å²) in [6.45, 7) is 2.85. The van der Waals surface area contributed by atoms with Crippen LogP contribution in [0.25, 0.3) is 0 Å². The number of hydrazine groups is 1. The Morgan fingerprint density at radius 3 is 2.74 bits per heavy atom. The molecule has 1 aliphatic heterocycles. The molecule has 0 aromatic heterocycles. The van der Waals surface area contributed by atoms with Crippen LogP contribution in [0.3, 0.4) is 0 Å². The number of ether oxygens (including phenoxy) is 1. The third-order valence-electron chi connectivity index (χ3n) is 2.25. The zero-order chi connectivity index (χ0) is 14.4. The van der Waals surface area contributed by atoms with Crippen LogP contribution in [-0.4, -0.2) is 24.3 Å². The molecule has 0 fully saturated rings. The minimum Gasteiger partial charge on any atom is -0.453 e. The van der Waals surface area contributed by atoms with Crippen molar-refractivity contribution in [3.63, 3.8) is 0 Å². The summed E-state index contributed by atoms with van der Waals surface area (Å²) < 4.78 is 4.72. The van der Waals surface area contributed by atoms with Crippen LogP contribution in [0.4, 0.5) is 0 Å². The van der Waals surface area contributed by atoms with Gasteiger partial charge in [0.05, 0.1) is 6.07 Å². The molecule has 0 aromatic rings. The lowest BCUT2D eigenvalue weighted by Crippen LogP contribution is -2.51. The van der Waals surface area contributed by atoms with Gasteiger partial charge in [-0.05, 0) is 12.7 Å². The number of hydrogen-bond acceptors (Lipinski definition) is 6. The van der Waals surface area contributed by atoms with E-state index in [4.69, 9.17) is 10.00 Å². The first-order chi connectivity index (χ1) is 8.95. The standard InChI is InChI=1S/C11H12N4O4/c1-6(13)7(4-12)9(16)5-19-11(18)8-2-3-10(17)15-14-8/h2,7,14H,1,3,5,13H2,(H,15,17)/p+1/t7-/m0/s1. The van der Waals surface area contributed by atoms with Crippen LogP contribution in [0.5, 0.6) is 0 Å². The molecule has 8 heteroatoms. The van der Waals surface area contributed by atoms with Gasteiger partial charge in [-0.1, -0.05) is 0 Å². The lowest BCUT2D eigenvalue weighted by Gasteiger charge is -2.15. The number of rotatable bonds is 5. The molecule has 1 rings (SSSR count). The molecule has 0 aromatic carbocycles. The lowest BCUT2D eigenvalue weighted by molar-refractivity contribution is -0.309. The highest BCUT2D eigenvalue weighted by Gasteiger charge is 2.24. The van der Waals surface area contributed by atoms with E-state index in [1.807, 2.05) is 0 Å². The normalized spacial score (nSPS) is 15.2. The molecule has 1 aliphatic rings. The van der Waals surface area contributed by atoms with E-state index in [0.717, 1.165) is 0 Å². The molecule has 0 bridgehead atoms. The van der Waals surface area contributed by atoms with E-state index in [1.165, 1.54) is 6.08 Å². The zero-order valence-corrected chi connectivity index (χ0v) is 10.1. The van der Waals surface area contributed by atoms with Crippen LogP contribution in [0.15, 0.2) is 24.0 Å². The summed E-state index contributed by atoms with van der Waals surface area (Å²) in [4.78, 5) is 33.9. The summed E-state index contributed by atoms with van der Waals surface area (Å²) >= 11 is 0. The van der Waals surface area contributed by atoms with Crippen molar-refractivity contribution in [3.8, 4) is 6.07 Å². The number of hydrogen-bond donors (Lipinski definition) is 3. The van der Waals surface area contributed by atoms with Gasteiger partial charge < -0.3 is 10.5 Å². The Labute approximate surface area is 108 Å². The highest BCUT2D eigenvalue weighted by Crippen LogP contribution is 2.05. The van der Waals surface area contributed by atoms with E-state index in [-0.39, 0.29) is 23.7 Å². The Balaban J connectivity index is 2.51. The molecule has 100 valence electrons. The number of esters is 1. The summed E-state index contributed by atoms with van der Waals surface area (Å²) in [6, 6.07) is 1.72. The minimum absolute atomic E-state index is 0.0364. The molecule has 0 saturated heterocycles. The van der Waals surface area contributed by atoms with Crippen LogP contribution >= 0.6 is 0 Å². The maximum Gasteiger partial charge on any atom is 0.356 e. The van der Waals surface area contributed by atoms with Crippen molar-refractivity contribution in [1.29, 1.82) is 5.26 Å². The van der Waals surface area contributed by atoms with Gasteiger partial charge in [0, 0.05) is 6.42 Å². The van der Waals surface area contributed by atoms with Gasteiger partial charge in [-0.3, -0.25) is 20.4 Å². The number of ketones is 1. The fourth-order valence-corrected chi connectivity index (χ4v) is 1.26. The van der Waals surface area contributed by atoms with Crippen LogP contribution in [-0.2, 0) is 19.1 Å². The molecule has 8 nitrogen and oxygen atoms in total. The summed E-state index contributed by atoms with van der Waals surface area (Å²) in [7, 11) is 0. The van der Waals surface area contributed by atoms with E-state index < -0.39 is 24.3 Å². The van der Waals surface area contributed by atoms with Gasteiger partial charge in [-0.25, -0.2) is 4.79 Å². The zero-order valence-electron chi connectivity index (χ0n) is 10.1. The average molecular weight is 265 g/mol. The van der Waals surface area contributed by atoms with Gasteiger partial charge in [0.1, 0.15) is 11.4 Å². The van der Waals surface area contributed by atoms with Crippen molar-refractivity contribution in [2.24, 2.45) is 5.92 Å². The Hall–Kier alpha value is -2.66. The van der Waals surface area contributed by atoms with Crippen molar-refractivity contribution in [3.05, 3.63) is 24.0 Å². The first-order valence-electron chi connectivity index (χ1n) is 5.31. The summed E-state index contributed by atoms with van der Waals surface area (Å²) in [6.07, 6.45) is 1.38. The number of nitrogens with one attached hydrogen (secondary N) is 2. The SMILES string of the molecule is C=C([NH3+])[C@H](C#N)C(=O)COC(=O)C1=CCC(=O)NN1. The second-order valence-corrected chi connectivity index (χ2v) is 3.76. The predicted octanol–water partition coefficient (Wildman–Crippen LogP) is -2.10. The van der Waals surface area contributed by atoms with Gasteiger partial charge in [0.25, 0.3) is 0 Å². The first kappa shape index (κ1) is 14.4. The molecule has 0 radical (unpaired) electrons. The van der Waals surface area contributed by atoms with Crippen molar-refractivity contribution >= 4 is 17.7 Å². The van der Waals surface area contributed by atoms with Crippen LogP contribution in [0, 0.1) is 17.2 Å². The molecule has 19 heavy (non-hydrogen) atoms. The van der Waals surface area contributed by atoms with Crippen molar-refractivity contribution in [1.82, 2.24) is 10.9 Å². The summed E-state index contributed by atoms with van der Waals surface area (Å²) in [5.41, 5.74) is 8.16. The van der Waals surface area contributed by atoms with Gasteiger partial charge in [0.2, 0.25) is 5.91 Å². The maximum absolute atomic E-state index is 11.5. The smallest absolute Gasteiger partial charge is 0.356 e. The molecule has 1 heterocycles. The predicted molar refractivity (Wildman–Crippen MR) is 61.1 cm³/mol. The third kappa shape index (κ3) is 3.93. The molecular formula is C11H13N4O4+. The van der Waals surface area contributed by atoms with Crippen molar-refractivity contribution < 1.29 is 24.9 Å². The average Bonchev–Trinajstić information content (AvgIpc) is 2.37. The van der Waals surface area contributed by atoms with Crippen LogP contribution < -0.4 is 16.6 Å². The Bertz CT molecular complexity index is 503. The minimum atomic E-state index is -1.10. The molecule has 0 aliphatic carbocycles. The Morgan fingerprint density at radius 1 is 1.58 bits per heavy atom. The first-order valence-corrected chi connectivity index (χ1v) is 5.31. The fraction of sp³-hybridized carbons (Fsp3) is 0.273. The second-order valence-electron chi connectivity index (χ2n) is 3.76. The molecule has 0 unspecified atom stereocenters. The fourth-order valence-electron chi connectivity index (χ4n) is 1.26. The monoisotopic (exact) mass is 265 g/mol. The third-order valence-corrected chi connectivity index (χ3v) is 2.25.